The van der Waals surface area contributed by atoms with Crippen LogP contribution in [0.25, 0.3) is 5.69 Å². The number of nitrogens with zero attached hydrogens (tertiary/aromatic N) is 5. The van der Waals surface area contributed by atoms with Gasteiger partial charge in [0.1, 0.15) is 12.1 Å². The molecule has 17 nitrogen and oxygen atoms in total. The number of hydrogen-bond acceptors (Lipinski definition) is 11. The van der Waals surface area contributed by atoms with Crippen LogP contribution in [-0.4, -0.2) is 129 Å². The zero-order valence-electron chi connectivity index (χ0n) is 28.1. The van der Waals surface area contributed by atoms with Crippen molar-refractivity contribution in [2.45, 2.75) is 76.6 Å². The highest BCUT2D eigenvalue weighted by atomic mass is 16.8. The van der Waals surface area contributed by atoms with Crippen molar-refractivity contribution in [3.05, 3.63) is 42.1 Å². The molecule has 0 bridgehead atoms. The maximum Gasteiger partial charge on any atom is 0.527 e. The van der Waals surface area contributed by atoms with Crippen LogP contribution in [0.4, 0.5) is 4.79 Å². The molecule has 2 saturated heterocycles. The Bertz CT molecular complexity index is 1550. The number of carboxylic acids is 1. The Labute approximate surface area is 288 Å². The number of hydroxylamine groups is 2. The summed E-state index contributed by atoms with van der Waals surface area (Å²) in [5, 5.41) is 20.7. The maximum absolute atomic E-state index is 13.6. The first-order valence-corrected chi connectivity index (χ1v) is 16.9. The number of carbonyl (C=O) groups is 6. The second-order valence-electron chi connectivity index (χ2n) is 12.3. The molecular formula is C33H43N7O10. The molecule has 4 amide bonds. The van der Waals surface area contributed by atoms with Crippen LogP contribution in [0.1, 0.15) is 62.9 Å². The van der Waals surface area contributed by atoms with Crippen molar-refractivity contribution in [1.29, 1.82) is 0 Å². The molecular weight excluding hydrogens is 654 g/mol. The van der Waals surface area contributed by atoms with Crippen LogP contribution in [0, 0.1) is 0 Å². The van der Waals surface area contributed by atoms with Gasteiger partial charge in [0.05, 0.1) is 25.4 Å². The molecule has 50 heavy (non-hydrogen) atoms. The lowest BCUT2D eigenvalue weighted by atomic mass is 10.1. The Balaban J connectivity index is 1.29. The number of likely N-dealkylation sites (tertiary alicyclic amines) is 1. The summed E-state index contributed by atoms with van der Waals surface area (Å²) >= 11 is 0. The predicted molar refractivity (Wildman–Crippen MR) is 174 cm³/mol. The van der Waals surface area contributed by atoms with E-state index in [9.17, 15) is 33.9 Å². The molecule has 3 N–H and O–H groups in total. The van der Waals surface area contributed by atoms with Crippen LogP contribution >= 0.6 is 0 Å². The predicted octanol–water partition coefficient (Wildman–Crippen LogP) is 1.10. The van der Waals surface area contributed by atoms with Crippen LogP contribution in [0.2, 0.25) is 0 Å². The van der Waals surface area contributed by atoms with E-state index in [1.807, 2.05) is 0 Å². The Morgan fingerprint density at radius 1 is 0.980 bits per heavy atom. The molecule has 1 aliphatic carbocycles. The number of para-hydroxylation sites is 1. The van der Waals surface area contributed by atoms with E-state index in [1.165, 1.54) is 25.6 Å². The van der Waals surface area contributed by atoms with E-state index in [0.29, 0.717) is 25.1 Å². The first-order valence-electron chi connectivity index (χ1n) is 16.9. The lowest BCUT2D eigenvalue weighted by Crippen LogP contribution is -2.55. The van der Waals surface area contributed by atoms with E-state index in [4.69, 9.17) is 14.3 Å². The highest BCUT2D eigenvalue weighted by molar-refractivity contribution is 5.96. The topological polar surface area (TPSA) is 202 Å². The van der Waals surface area contributed by atoms with Gasteiger partial charge in [0, 0.05) is 38.2 Å². The number of carbonyl (C=O) groups excluding carboxylic acids is 5. The summed E-state index contributed by atoms with van der Waals surface area (Å²) in [5.41, 5.74) is 0.401. The summed E-state index contributed by atoms with van der Waals surface area (Å²) in [6, 6.07) is 8.53. The van der Waals surface area contributed by atoms with Crippen molar-refractivity contribution in [2.24, 2.45) is 0 Å². The highest BCUT2D eigenvalue weighted by Gasteiger charge is 2.39. The third-order valence-corrected chi connectivity index (χ3v) is 8.58. The fourth-order valence-electron chi connectivity index (χ4n) is 5.83. The van der Waals surface area contributed by atoms with Crippen molar-refractivity contribution < 1.29 is 48.2 Å². The monoisotopic (exact) mass is 697 g/mol. The molecule has 3 fully saturated rings. The lowest BCUT2D eigenvalue weighted by Gasteiger charge is -2.35. The molecule has 1 saturated carbocycles. The van der Waals surface area contributed by atoms with Gasteiger partial charge in [-0.05, 0) is 58.1 Å². The van der Waals surface area contributed by atoms with Crippen LogP contribution in [0.15, 0.2) is 36.4 Å². The molecule has 3 heterocycles. The molecule has 1 aromatic carbocycles. The number of piperazine rings is 1. The van der Waals surface area contributed by atoms with Gasteiger partial charge in [0.15, 0.2) is 11.8 Å². The number of carboxylic acid groups (broad SMARTS) is 1. The first kappa shape index (κ1) is 36.1. The number of amides is 4. The molecule has 270 valence electrons. The molecule has 0 unspecified atom stereocenters. The molecule has 17 heteroatoms. The van der Waals surface area contributed by atoms with Crippen molar-refractivity contribution in [3.8, 4) is 11.6 Å². The largest absolute Gasteiger partial charge is 0.527 e. The SMILES string of the molecule is CCOC(=O)ON1CCN(C(=O)[C@H](CCC(=O)O)NC(=O)c2cc(O[C@@H](C)C(=O)N3CCC[C@H]3C(=O)NC3CC3)n(-c3ccccc3)n2)CC1. The normalized spacial score (nSPS) is 18.9. The van der Waals surface area contributed by atoms with Gasteiger partial charge in [-0.1, -0.05) is 18.2 Å². The molecule has 1 aromatic heterocycles. The van der Waals surface area contributed by atoms with Gasteiger partial charge in [-0.15, -0.1) is 5.06 Å². The van der Waals surface area contributed by atoms with Crippen LogP contribution in [-0.2, 0) is 28.8 Å². The summed E-state index contributed by atoms with van der Waals surface area (Å²) in [6.45, 7) is 4.47. The van der Waals surface area contributed by atoms with Crippen LogP contribution < -0.4 is 15.4 Å². The number of rotatable bonds is 14. The minimum Gasteiger partial charge on any atom is -0.481 e. The molecule has 3 aliphatic rings. The third-order valence-electron chi connectivity index (χ3n) is 8.58. The number of nitrogens with one attached hydrogen (secondary N) is 2. The lowest BCUT2D eigenvalue weighted by molar-refractivity contribution is -0.157. The Hall–Kier alpha value is -5.19. The van der Waals surface area contributed by atoms with E-state index in [1.54, 1.807) is 44.2 Å². The van der Waals surface area contributed by atoms with Crippen molar-refractivity contribution in [2.75, 3.05) is 39.3 Å². The molecule has 5 rings (SSSR count). The summed E-state index contributed by atoms with van der Waals surface area (Å²) in [5.74, 6) is -2.87. The summed E-state index contributed by atoms with van der Waals surface area (Å²) in [6.07, 6.45) is 0.664. The van der Waals surface area contributed by atoms with Crippen LogP contribution in [0.3, 0.4) is 0 Å². The van der Waals surface area contributed by atoms with Gasteiger partial charge < -0.3 is 39.9 Å². The zero-order chi connectivity index (χ0) is 35.8. The summed E-state index contributed by atoms with van der Waals surface area (Å²) in [4.78, 5) is 84.7. The minimum atomic E-state index is -1.20. The Morgan fingerprint density at radius 3 is 2.36 bits per heavy atom. The maximum atomic E-state index is 13.6. The van der Waals surface area contributed by atoms with Gasteiger partial charge in [-0.2, -0.15) is 5.10 Å². The molecule has 3 atom stereocenters. The van der Waals surface area contributed by atoms with Gasteiger partial charge in [-0.3, -0.25) is 24.0 Å². The van der Waals surface area contributed by atoms with Crippen molar-refractivity contribution >= 4 is 35.8 Å². The summed E-state index contributed by atoms with van der Waals surface area (Å²) < 4.78 is 12.2. The number of hydrogen-bond donors (Lipinski definition) is 3. The van der Waals surface area contributed by atoms with E-state index in [0.717, 1.165) is 12.8 Å². The highest BCUT2D eigenvalue weighted by Crippen LogP contribution is 2.25. The van der Waals surface area contributed by atoms with Crippen molar-refractivity contribution in [3.63, 3.8) is 0 Å². The fourth-order valence-corrected chi connectivity index (χ4v) is 5.83. The fraction of sp³-hybridized carbons (Fsp3) is 0.545. The summed E-state index contributed by atoms with van der Waals surface area (Å²) in [7, 11) is 0. The van der Waals surface area contributed by atoms with Gasteiger partial charge in [-0.25, -0.2) is 9.48 Å². The quantitative estimate of drug-likeness (QED) is 0.238. The number of aliphatic carboxylic acids is 1. The minimum absolute atomic E-state index is 0.0755. The van der Waals surface area contributed by atoms with Crippen LogP contribution in [0.5, 0.6) is 5.88 Å². The second kappa shape index (κ2) is 16.5. The third kappa shape index (κ3) is 9.28. The average Bonchev–Trinajstić information content (AvgIpc) is 3.59. The number of benzene rings is 1. The van der Waals surface area contributed by atoms with Crippen molar-refractivity contribution in [1.82, 2.24) is 35.3 Å². The second-order valence-corrected chi connectivity index (χ2v) is 12.3. The van der Waals surface area contributed by atoms with Gasteiger partial charge in [0.2, 0.25) is 17.7 Å². The molecule has 2 aliphatic heterocycles. The van der Waals surface area contributed by atoms with E-state index < -0.39 is 42.1 Å². The Morgan fingerprint density at radius 2 is 1.70 bits per heavy atom. The molecule has 0 spiro atoms. The molecule has 2 aromatic rings. The van der Waals surface area contributed by atoms with Gasteiger partial charge in [0.25, 0.3) is 11.8 Å². The van der Waals surface area contributed by atoms with E-state index >= 15 is 0 Å². The smallest absolute Gasteiger partial charge is 0.481 e. The van der Waals surface area contributed by atoms with Gasteiger partial charge >= 0.3 is 12.1 Å². The standard InChI is InChI=1S/C33H43N7O10/c1-3-48-33(47)50-38-18-16-37(17-19-38)32(46)24(13-14-28(41)42)35-29(43)25-20-27(40(36-25)23-8-5-4-6-9-23)49-21(2)31(45)39-15-7-10-26(39)30(44)34-22-11-12-22/h4-6,8-9,20-22,24,26H,3,7,10-19H2,1-2H3,(H,34,44)(H,35,43)(H,41,42)/t21-,24-,26-/m0/s1. The Kier molecular flexibility index (Phi) is 11.9. The van der Waals surface area contributed by atoms with E-state index in [2.05, 4.69) is 15.7 Å². The number of aromatic nitrogens is 2. The zero-order valence-corrected chi connectivity index (χ0v) is 28.1. The number of ether oxygens (including phenoxy) is 2. The van der Waals surface area contributed by atoms with E-state index in [-0.39, 0.29) is 75.1 Å². The average molecular weight is 698 g/mol. The molecule has 0 radical (unpaired) electrons. The first-order chi connectivity index (χ1) is 24.0.